The summed E-state index contributed by atoms with van der Waals surface area (Å²) >= 11 is 0. The smallest absolute Gasteiger partial charge is 0.348 e. The van der Waals surface area contributed by atoms with Gasteiger partial charge in [0.05, 0.1) is 30.3 Å². The van der Waals surface area contributed by atoms with Gasteiger partial charge in [-0.15, -0.1) is 0 Å². The standard InChI is InChI=1S/C23H26N2O6S/c1-15-20(32(27,28)17-10-8-7-9-11-17)21(25(24-15)23(2,3)4)31-22(26)18-13-12-16(29-5)14-19(18)30-6/h7-14H,1-6H3. The molecule has 32 heavy (non-hydrogen) atoms. The summed E-state index contributed by atoms with van der Waals surface area (Å²) < 4.78 is 44.5. The molecule has 0 aliphatic rings. The predicted molar refractivity (Wildman–Crippen MR) is 118 cm³/mol. The number of aryl methyl sites for hydroxylation is 1. The van der Waals surface area contributed by atoms with Gasteiger partial charge in [-0.1, -0.05) is 18.2 Å². The number of rotatable bonds is 6. The number of benzene rings is 2. The molecule has 8 nitrogen and oxygen atoms in total. The predicted octanol–water partition coefficient (Wildman–Crippen LogP) is 4.02. The van der Waals surface area contributed by atoms with Crippen LogP contribution in [0.5, 0.6) is 17.4 Å². The number of sulfone groups is 1. The van der Waals surface area contributed by atoms with E-state index in [4.69, 9.17) is 14.2 Å². The lowest BCUT2D eigenvalue weighted by atomic mass is 10.1. The summed E-state index contributed by atoms with van der Waals surface area (Å²) in [6.07, 6.45) is 0. The second-order valence-electron chi connectivity index (χ2n) is 8.07. The highest BCUT2D eigenvalue weighted by molar-refractivity contribution is 7.91. The van der Waals surface area contributed by atoms with E-state index in [-0.39, 0.29) is 32.7 Å². The summed E-state index contributed by atoms with van der Waals surface area (Å²) in [6, 6.07) is 12.6. The molecule has 0 saturated carbocycles. The Bertz CT molecular complexity index is 1240. The van der Waals surface area contributed by atoms with E-state index in [9.17, 15) is 13.2 Å². The fourth-order valence-electron chi connectivity index (χ4n) is 3.17. The average Bonchev–Trinajstić information content (AvgIpc) is 3.10. The lowest BCUT2D eigenvalue weighted by molar-refractivity contribution is 0.0700. The van der Waals surface area contributed by atoms with Gasteiger partial charge in [-0.3, -0.25) is 0 Å². The molecular weight excluding hydrogens is 432 g/mol. The molecule has 0 spiro atoms. The van der Waals surface area contributed by atoms with Gasteiger partial charge in [0.1, 0.15) is 17.1 Å². The van der Waals surface area contributed by atoms with Gasteiger partial charge in [0.25, 0.3) is 0 Å². The minimum Gasteiger partial charge on any atom is -0.497 e. The third kappa shape index (κ3) is 4.34. The first-order valence-corrected chi connectivity index (χ1v) is 11.3. The van der Waals surface area contributed by atoms with Crippen molar-refractivity contribution in [2.24, 2.45) is 0 Å². The first kappa shape index (κ1) is 23.3. The molecule has 0 atom stereocenters. The molecule has 0 radical (unpaired) electrons. The van der Waals surface area contributed by atoms with Crippen LogP contribution >= 0.6 is 0 Å². The van der Waals surface area contributed by atoms with Crippen LogP contribution in [0.3, 0.4) is 0 Å². The number of methoxy groups -OCH3 is 2. The van der Waals surface area contributed by atoms with E-state index >= 15 is 0 Å². The molecule has 170 valence electrons. The van der Waals surface area contributed by atoms with E-state index < -0.39 is 21.3 Å². The third-order valence-electron chi connectivity index (χ3n) is 4.74. The number of carbonyl (C=O) groups excluding carboxylic acids is 1. The Morgan fingerprint density at radius 1 is 1.00 bits per heavy atom. The number of esters is 1. The van der Waals surface area contributed by atoms with Crippen LogP contribution < -0.4 is 14.2 Å². The van der Waals surface area contributed by atoms with Crippen molar-refractivity contribution in [1.82, 2.24) is 9.78 Å². The molecule has 0 saturated heterocycles. The number of carbonyl (C=O) groups is 1. The quantitative estimate of drug-likeness (QED) is 0.515. The molecule has 0 amide bonds. The molecule has 0 fully saturated rings. The van der Waals surface area contributed by atoms with Crippen molar-refractivity contribution in [3.63, 3.8) is 0 Å². The number of aromatic nitrogens is 2. The van der Waals surface area contributed by atoms with Crippen LogP contribution in [0.1, 0.15) is 36.8 Å². The van der Waals surface area contributed by atoms with Gasteiger partial charge in [-0.2, -0.15) is 5.10 Å². The molecule has 2 aromatic carbocycles. The molecule has 0 N–H and O–H groups in total. The fraction of sp³-hybridized carbons (Fsp3) is 0.304. The van der Waals surface area contributed by atoms with Crippen LogP contribution in [0.15, 0.2) is 58.3 Å². The van der Waals surface area contributed by atoms with Crippen molar-refractivity contribution in [3.05, 3.63) is 59.8 Å². The second-order valence-corrected chi connectivity index (χ2v) is 9.96. The Labute approximate surface area is 187 Å². The minimum absolute atomic E-state index is 0.0795. The van der Waals surface area contributed by atoms with E-state index in [1.54, 1.807) is 37.3 Å². The summed E-state index contributed by atoms with van der Waals surface area (Å²) in [5, 5.41) is 4.40. The minimum atomic E-state index is -4.01. The first-order chi connectivity index (χ1) is 15.0. The SMILES string of the molecule is COc1ccc(C(=O)Oc2c(S(=O)(=O)c3ccccc3)c(C)nn2C(C)(C)C)c(OC)c1. The molecule has 0 unspecified atom stereocenters. The van der Waals surface area contributed by atoms with Crippen LogP contribution in [-0.2, 0) is 15.4 Å². The maximum absolute atomic E-state index is 13.5. The molecule has 9 heteroatoms. The summed E-state index contributed by atoms with van der Waals surface area (Å²) in [4.78, 5) is 13.0. The fourth-order valence-corrected chi connectivity index (χ4v) is 4.71. The van der Waals surface area contributed by atoms with Crippen molar-refractivity contribution >= 4 is 15.8 Å². The Hall–Kier alpha value is -3.33. The number of hydrogen-bond donors (Lipinski definition) is 0. The topological polar surface area (TPSA) is 96.7 Å². The van der Waals surface area contributed by atoms with Crippen molar-refractivity contribution in [2.45, 2.75) is 43.0 Å². The van der Waals surface area contributed by atoms with Gasteiger partial charge in [0.2, 0.25) is 15.7 Å². The zero-order valence-electron chi connectivity index (χ0n) is 18.9. The normalized spacial score (nSPS) is 11.8. The largest absolute Gasteiger partial charge is 0.497 e. The third-order valence-corrected chi connectivity index (χ3v) is 6.64. The zero-order chi connectivity index (χ0) is 23.7. The van der Waals surface area contributed by atoms with E-state index in [0.717, 1.165) is 0 Å². The van der Waals surface area contributed by atoms with Crippen LogP contribution in [0.2, 0.25) is 0 Å². The molecule has 0 aliphatic heterocycles. The van der Waals surface area contributed by atoms with Crippen LogP contribution in [0, 0.1) is 6.92 Å². The van der Waals surface area contributed by atoms with Crippen LogP contribution in [-0.4, -0.2) is 38.4 Å². The van der Waals surface area contributed by atoms with Gasteiger partial charge >= 0.3 is 5.97 Å². The monoisotopic (exact) mass is 458 g/mol. The lowest BCUT2D eigenvalue weighted by Crippen LogP contribution is -2.26. The van der Waals surface area contributed by atoms with Crippen LogP contribution in [0.4, 0.5) is 0 Å². The maximum atomic E-state index is 13.5. The van der Waals surface area contributed by atoms with E-state index in [0.29, 0.717) is 5.75 Å². The van der Waals surface area contributed by atoms with E-state index in [2.05, 4.69) is 5.10 Å². The second kappa shape index (κ2) is 8.66. The Morgan fingerprint density at radius 3 is 2.22 bits per heavy atom. The molecule has 0 aliphatic carbocycles. The van der Waals surface area contributed by atoms with Gasteiger partial charge in [-0.25, -0.2) is 17.9 Å². The average molecular weight is 459 g/mol. The Kier molecular flexibility index (Phi) is 6.32. The van der Waals surface area contributed by atoms with Crippen LogP contribution in [0.25, 0.3) is 0 Å². The summed E-state index contributed by atoms with van der Waals surface area (Å²) in [7, 11) is -1.09. The first-order valence-electron chi connectivity index (χ1n) is 9.85. The van der Waals surface area contributed by atoms with E-state index in [1.807, 2.05) is 20.8 Å². The lowest BCUT2D eigenvalue weighted by Gasteiger charge is -2.22. The summed E-state index contributed by atoms with van der Waals surface area (Å²) in [6.45, 7) is 7.08. The molecular formula is C23H26N2O6S. The highest BCUT2D eigenvalue weighted by atomic mass is 32.2. The summed E-state index contributed by atoms with van der Waals surface area (Å²) in [5.74, 6) is -0.192. The molecule has 0 bridgehead atoms. The number of nitrogens with zero attached hydrogens (tertiary/aromatic N) is 2. The van der Waals surface area contributed by atoms with Gasteiger partial charge in [-0.05, 0) is 52.0 Å². The highest BCUT2D eigenvalue weighted by Crippen LogP contribution is 2.37. The van der Waals surface area contributed by atoms with Gasteiger partial charge < -0.3 is 14.2 Å². The molecule has 1 heterocycles. The highest BCUT2D eigenvalue weighted by Gasteiger charge is 2.35. The van der Waals surface area contributed by atoms with Gasteiger partial charge in [0, 0.05) is 6.07 Å². The maximum Gasteiger partial charge on any atom is 0.348 e. The molecule has 1 aromatic heterocycles. The van der Waals surface area contributed by atoms with Crippen molar-refractivity contribution in [2.75, 3.05) is 14.2 Å². The van der Waals surface area contributed by atoms with Crippen molar-refractivity contribution in [3.8, 4) is 17.4 Å². The molecule has 3 rings (SSSR count). The van der Waals surface area contributed by atoms with Crippen molar-refractivity contribution < 1.29 is 27.4 Å². The Balaban J connectivity index is 2.17. The Morgan fingerprint density at radius 2 is 1.66 bits per heavy atom. The van der Waals surface area contributed by atoms with Crippen molar-refractivity contribution in [1.29, 1.82) is 0 Å². The zero-order valence-corrected chi connectivity index (χ0v) is 19.7. The number of hydrogen-bond acceptors (Lipinski definition) is 7. The number of ether oxygens (including phenoxy) is 3. The summed E-state index contributed by atoms with van der Waals surface area (Å²) in [5.41, 5.74) is -0.307. The van der Waals surface area contributed by atoms with E-state index in [1.165, 1.54) is 37.1 Å². The van der Waals surface area contributed by atoms with Gasteiger partial charge in [0.15, 0.2) is 4.90 Å². The molecule has 3 aromatic rings.